The van der Waals surface area contributed by atoms with Crippen LogP contribution in [0.25, 0.3) is 0 Å². The summed E-state index contributed by atoms with van der Waals surface area (Å²) in [5.41, 5.74) is 5.45. The Bertz CT molecular complexity index is 775. The largest absolute Gasteiger partial charge is 0.325 e. The lowest BCUT2D eigenvalue weighted by molar-refractivity contribution is -0.113. The molecule has 1 aromatic carbocycles. The Morgan fingerprint density at radius 1 is 1.24 bits per heavy atom. The van der Waals surface area contributed by atoms with Crippen LogP contribution in [0.1, 0.15) is 54.2 Å². The van der Waals surface area contributed by atoms with Crippen molar-refractivity contribution in [2.45, 2.75) is 64.6 Å². The van der Waals surface area contributed by atoms with Crippen LogP contribution in [0.2, 0.25) is 0 Å². The van der Waals surface area contributed by atoms with E-state index in [4.69, 9.17) is 4.98 Å². The third kappa shape index (κ3) is 4.09. The fraction of sp³-hybridized carbons (Fsp3) is 0.500. The first kappa shape index (κ1) is 18.1. The number of benzene rings is 1. The highest BCUT2D eigenvalue weighted by molar-refractivity contribution is 7.99. The first-order chi connectivity index (χ1) is 12.0. The molecule has 1 aromatic heterocycles. The van der Waals surface area contributed by atoms with Gasteiger partial charge in [0.05, 0.1) is 11.4 Å². The minimum atomic E-state index is 0.0231. The number of imidazole rings is 1. The van der Waals surface area contributed by atoms with Crippen molar-refractivity contribution >= 4 is 23.4 Å². The summed E-state index contributed by atoms with van der Waals surface area (Å²) >= 11 is 1.55. The van der Waals surface area contributed by atoms with Gasteiger partial charge in [0.1, 0.15) is 0 Å². The number of amides is 1. The SMILES string of the molecule is Cc1ccc(C)c(NC(=O)CSc2nc(C)c(C)n2C2CCCC2)c1. The molecule has 3 rings (SSSR count). The molecule has 25 heavy (non-hydrogen) atoms. The maximum atomic E-state index is 12.4. The Labute approximate surface area is 154 Å². The van der Waals surface area contributed by atoms with Crippen molar-refractivity contribution in [3.63, 3.8) is 0 Å². The van der Waals surface area contributed by atoms with E-state index < -0.39 is 0 Å². The van der Waals surface area contributed by atoms with E-state index in [1.54, 1.807) is 11.8 Å². The standard InChI is InChI=1S/C20H27N3OS/c1-13-9-10-14(2)18(11-13)22-19(24)12-25-20-21-15(3)16(4)23(20)17-7-5-6-8-17/h9-11,17H,5-8,12H2,1-4H3,(H,22,24). The maximum absolute atomic E-state index is 12.4. The van der Waals surface area contributed by atoms with Gasteiger partial charge in [0, 0.05) is 17.4 Å². The van der Waals surface area contributed by atoms with Crippen molar-refractivity contribution < 1.29 is 4.79 Å². The second kappa shape index (κ2) is 7.65. The topological polar surface area (TPSA) is 46.9 Å². The zero-order chi connectivity index (χ0) is 18.0. The summed E-state index contributed by atoms with van der Waals surface area (Å²) in [5.74, 6) is 0.408. The Morgan fingerprint density at radius 3 is 2.68 bits per heavy atom. The minimum absolute atomic E-state index is 0.0231. The fourth-order valence-corrected chi connectivity index (χ4v) is 4.44. The number of nitrogens with zero attached hydrogens (tertiary/aromatic N) is 2. The highest BCUT2D eigenvalue weighted by Crippen LogP contribution is 2.35. The van der Waals surface area contributed by atoms with Crippen LogP contribution in [0.5, 0.6) is 0 Å². The number of rotatable bonds is 5. The second-order valence-electron chi connectivity index (χ2n) is 7.03. The van der Waals surface area contributed by atoms with Crippen molar-refractivity contribution in [2.24, 2.45) is 0 Å². The molecule has 0 radical (unpaired) electrons. The molecule has 1 aliphatic carbocycles. The van der Waals surface area contributed by atoms with Gasteiger partial charge in [-0.05, 0) is 57.7 Å². The molecule has 0 saturated heterocycles. The van der Waals surface area contributed by atoms with Gasteiger partial charge >= 0.3 is 0 Å². The number of hydrogen-bond donors (Lipinski definition) is 1. The Morgan fingerprint density at radius 2 is 1.96 bits per heavy atom. The molecule has 1 heterocycles. The zero-order valence-corrected chi connectivity index (χ0v) is 16.4. The fourth-order valence-electron chi connectivity index (χ4n) is 3.48. The van der Waals surface area contributed by atoms with E-state index >= 15 is 0 Å². The second-order valence-corrected chi connectivity index (χ2v) is 7.97. The van der Waals surface area contributed by atoms with Crippen molar-refractivity contribution in [3.05, 3.63) is 40.7 Å². The zero-order valence-electron chi connectivity index (χ0n) is 15.6. The van der Waals surface area contributed by atoms with Gasteiger partial charge in [-0.25, -0.2) is 4.98 Å². The molecular weight excluding hydrogens is 330 g/mol. The number of carbonyl (C=O) groups excluding carboxylic acids is 1. The van der Waals surface area contributed by atoms with E-state index in [1.807, 2.05) is 26.0 Å². The van der Waals surface area contributed by atoms with E-state index in [0.717, 1.165) is 27.7 Å². The van der Waals surface area contributed by atoms with E-state index in [9.17, 15) is 4.79 Å². The van der Waals surface area contributed by atoms with E-state index in [2.05, 4.69) is 29.8 Å². The number of nitrogens with one attached hydrogen (secondary N) is 1. The van der Waals surface area contributed by atoms with Gasteiger partial charge in [0.15, 0.2) is 5.16 Å². The van der Waals surface area contributed by atoms with Crippen LogP contribution in [0.15, 0.2) is 23.4 Å². The summed E-state index contributed by atoms with van der Waals surface area (Å²) in [6.07, 6.45) is 5.02. The predicted molar refractivity (Wildman–Crippen MR) is 104 cm³/mol. The number of carbonyl (C=O) groups is 1. The Balaban J connectivity index is 1.68. The molecule has 5 heteroatoms. The molecule has 2 aromatic rings. The highest BCUT2D eigenvalue weighted by atomic mass is 32.2. The van der Waals surface area contributed by atoms with Crippen LogP contribution >= 0.6 is 11.8 Å². The van der Waals surface area contributed by atoms with Gasteiger partial charge in [-0.2, -0.15) is 0 Å². The molecular formula is C20H27N3OS. The molecule has 1 fully saturated rings. The lowest BCUT2D eigenvalue weighted by Gasteiger charge is -2.17. The number of aromatic nitrogens is 2. The predicted octanol–water partition coefficient (Wildman–Crippen LogP) is 4.96. The molecule has 4 nitrogen and oxygen atoms in total. The van der Waals surface area contributed by atoms with Crippen LogP contribution in [0.4, 0.5) is 5.69 Å². The molecule has 0 spiro atoms. The van der Waals surface area contributed by atoms with Crippen LogP contribution in [0.3, 0.4) is 0 Å². The smallest absolute Gasteiger partial charge is 0.234 e. The molecule has 134 valence electrons. The lowest BCUT2D eigenvalue weighted by atomic mass is 10.1. The van der Waals surface area contributed by atoms with Crippen molar-refractivity contribution in [2.75, 3.05) is 11.1 Å². The van der Waals surface area contributed by atoms with E-state index in [-0.39, 0.29) is 5.91 Å². The summed E-state index contributed by atoms with van der Waals surface area (Å²) < 4.78 is 2.36. The monoisotopic (exact) mass is 357 g/mol. The van der Waals surface area contributed by atoms with Gasteiger partial charge in [0.2, 0.25) is 5.91 Å². The van der Waals surface area contributed by atoms with Crippen LogP contribution in [0, 0.1) is 27.7 Å². The third-order valence-electron chi connectivity index (χ3n) is 5.04. The normalized spacial score (nSPS) is 14.9. The summed E-state index contributed by atoms with van der Waals surface area (Å²) in [6, 6.07) is 6.67. The number of anilines is 1. The number of aryl methyl sites for hydroxylation is 3. The van der Waals surface area contributed by atoms with Crippen molar-refractivity contribution in [1.29, 1.82) is 0 Å². The molecule has 1 saturated carbocycles. The highest BCUT2D eigenvalue weighted by Gasteiger charge is 2.23. The molecule has 0 unspecified atom stereocenters. The van der Waals surface area contributed by atoms with E-state index in [0.29, 0.717) is 11.8 Å². The molecule has 0 bridgehead atoms. The average molecular weight is 358 g/mol. The van der Waals surface area contributed by atoms with Gasteiger partial charge in [-0.3, -0.25) is 4.79 Å². The third-order valence-corrected chi connectivity index (χ3v) is 6.00. The molecule has 0 aliphatic heterocycles. The Hall–Kier alpha value is -1.75. The summed E-state index contributed by atoms with van der Waals surface area (Å²) in [5, 5.41) is 4.02. The van der Waals surface area contributed by atoms with Crippen LogP contribution in [-0.2, 0) is 4.79 Å². The van der Waals surface area contributed by atoms with E-state index in [1.165, 1.54) is 31.4 Å². The number of thioether (sulfide) groups is 1. The first-order valence-electron chi connectivity index (χ1n) is 9.01. The molecule has 0 atom stereocenters. The van der Waals surface area contributed by atoms with Crippen LogP contribution in [-0.4, -0.2) is 21.2 Å². The molecule has 1 N–H and O–H groups in total. The summed E-state index contributed by atoms with van der Waals surface area (Å²) in [7, 11) is 0. The Kier molecular flexibility index (Phi) is 5.52. The van der Waals surface area contributed by atoms with Crippen LogP contribution < -0.4 is 5.32 Å². The van der Waals surface area contributed by atoms with Gasteiger partial charge in [0.25, 0.3) is 0 Å². The van der Waals surface area contributed by atoms with Gasteiger partial charge in [-0.1, -0.05) is 36.7 Å². The summed E-state index contributed by atoms with van der Waals surface area (Å²) in [4.78, 5) is 17.1. The van der Waals surface area contributed by atoms with Gasteiger partial charge in [-0.15, -0.1) is 0 Å². The first-order valence-corrected chi connectivity index (χ1v) is 9.99. The maximum Gasteiger partial charge on any atom is 0.234 e. The quantitative estimate of drug-likeness (QED) is 0.769. The summed E-state index contributed by atoms with van der Waals surface area (Å²) in [6.45, 7) is 8.25. The van der Waals surface area contributed by atoms with Crippen molar-refractivity contribution in [3.8, 4) is 0 Å². The molecule has 1 amide bonds. The van der Waals surface area contributed by atoms with Crippen molar-refractivity contribution in [1.82, 2.24) is 9.55 Å². The average Bonchev–Trinajstić information content (AvgIpc) is 3.18. The molecule has 1 aliphatic rings. The lowest BCUT2D eigenvalue weighted by Crippen LogP contribution is -2.16. The number of hydrogen-bond acceptors (Lipinski definition) is 3. The van der Waals surface area contributed by atoms with Gasteiger partial charge < -0.3 is 9.88 Å². The minimum Gasteiger partial charge on any atom is -0.325 e.